The molecule has 0 aliphatic heterocycles. The van der Waals surface area contributed by atoms with E-state index < -0.39 is 4.92 Å². The number of hydrogen-bond acceptors (Lipinski definition) is 6. The van der Waals surface area contributed by atoms with Gasteiger partial charge in [0.1, 0.15) is 0 Å². The van der Waals surface area contributed by atoms with Gasteiger partial charge in [-0.15, -0.1) is 10.2 Å². The molecule has 0 radical (unpaired) electrons. The van der Waals surface area contributed by atoms with Gasteiger partial charge in [0.05, 0.1) is 21.4 Å². The van der Waals surface area contributed by atoms with Crippen molar-refractivity contribution >= 4 is 52.2 Å². The van der Waals surface area contributed by atoms with E-state index in [-0.39, 0.29) is 28.1 Å². The number of amides is 1. The van der Waals surface area contributed by atoms with Crippen molar-refractivity contribution in [1.29, 1.82) is 0 Å². The van der Waals surface area contributed by atoms with Crippen LogP contribution in [0, 0.1) is 10.1 Å². The largest absolute Gasteiger partial charge is 0.324 e. The van der Waals surface area contributed by atoms with Crippen LogP contribution in [0.3, 0.4) is 0 Å². The molecule has 0 unspecified atom stereocenters. The highest BCUT2D eigenvalue weighted by Crippen LogP contribution is 2.28. The number of nitro groups is 1. The van der Waals surface area contributed by atoms with Gasteiger partial charge >= 0.3 is 0 Å². The van der Waals surface area contributed by atoms with Gasteiger partial charge in [-0.05, 0) is 18.2 Å². The number of carbonyl (C=O) groups is 1. The van der Waals surface area contributed by atoms with Crippen molar-refractivity contribution in [2.75, 3.05) is 11.1 Å². The van der Waals surface area contributed by atoms with Gasteiger partial charge in [-0.2, -0.15) is 0 Å². The number of nitrogens with zero attached hydrogens (tertiary/aromatic N) is 4. The van der Waals surface area contributed by atoms with E-state index in [0.717, 1.165) is 5.56 Å². The summed E-state index contributed by atoms with van der Waals surface area (Å²) in [5.74, 6) is 0.271. The molecule has 0 aliphatic rings. The van der Waals surface area contributed by atoms with Crippen LogP contribution >= 0.6 is 35.0 Å². The summed E-state index contributed by atoms with van der Waals surface area (Å²) in [6.07, 6.45) is 0. The standard InChI is InChI=1S/C17H13Cl2N5O3S/c1-23-16(10-3-2-4-11(18)7-10)21-22-17(23)28-9-15(25)20-14-8-12(24(26)27)5-6-13(14)19/h2-8H,9H2,1H3,(H,20,25). The Hall–Kier alpha value is -2.62. The lowest BCUT2D eigenvalue weighted by atomic mass is 10.2. The molecule has 28 heavy (non-hydrogen) atoms. The normalized spacial score (nSPS) is 10.7. The first-order chi connectivity index (χ1) is 13.3. The molecule has 0 atom stereocenters. The van der Waals surface area contributed by atoms with Crippen LogP contribution in [0.4, 0.5) is 11.4 Å². The maximum Gasteiger partial charge on any atom is 0.271 e. The average Bonchev–Trinajstić information content (AvgIpc) is 3.02. The summed E-state index contributed by atoms with van der Waals surface area (Å²) in [5.41, 5.74) is 0.827. The van der Waals surface area contributed by atoms with Crippen molar-refractivity contribution in [3.63, 3.8) is 0 Å². The second-order valence-electron chi connectivity index (χ2n) is 5.63. The van der Waals surface area contributed by atoms with Crippen LogP contribution in [-0.2, 0) is 11.8 Å². The Bertz CT molecular complexity index is 1060. The molecule has 3 aromatic rings. The second kappa shape index (κ2) is 8.59. The average molecular weight is 438 g/mol. The molecular formula is C17H13Cl2N5O3S. The Morgan fingerprint density at radius 2 is 2.04 bits per heavy atom. The molecule has 2 aromatic carbocycles. The first kappa shape index (κ1) is 20.1. The van der Waals surface area contributed by atoms with E-state index in [4.69, 9.17) is 23.2 Å². The molecule has 1 heterocycles. The van der Waals surface area contributed by atoms with Crippen molar-refractivity contribution in [1.82, 2.24) is 14.8 Å². The van der Waals surface area contributed by atoms with E-state index in [1.165, 1.54) is 30.0 Å². The summed E-state index contributed by atoms with van der Waals surface area (Å²) in [6, 6.07) is 11.1. The molecule has 144 valence electrons. The van der Waals surface area contributed by atoms with Crippen LogP contribution in [0.2, 0.25) is 10.0 Å². The van der Waals surface area contributed by atoms with E-state index in [2.05, 4.69) is 15.5 Å². The molecule has 0 saturated carbocycles. The SMILES string of the molecule is Cn1c(SCC(=O)Nc2cc([N+](=O)[O-])ccc2Cl)nnc1-c1cccc(Cl)c1. The number of thioether (sulfide) groups is 1. The van der Waals surface area contributed by atoms with Gasteiger partial charge in [-0.1, -0.05) is 47.1 Å². The van der Waals surface area contributed by atoms with E-state index in [1.807, 2.05) is 12.1 Å². The highest BCUT2D eigenvalue weighted by molar-refractivity contribution is 7.99. The van der Waals surface area contributed by atoms with E-state index in [1.54, 1.807) is 23.7 Å². The van der Waals surface area contributed by atoms with E-state index in [9.17, 15) is 14.9 Å². The summed E-state index contributed by atoms with van der Waals surface area (Å²) in [7, 11) is 1.79. The zero-order valence-electron chi connectivity index (χ0n) is 14.4. The lowest BCUT2D eigenvalue weighted by Crippen LogP contribution is -2.15. The summed E-state index contributed by atoms with van der Waals surface area (Å²) in [6.45, 7) is 0. The van der Waals surface area contributed by atoms with Crippen LogP contribution in [0.5, 0.6) is 0 Å². The van der Waals surface area contributed by atoms with Gasteiger partial charge < -0.3 is 9.88 Å². The Balaban J connectivity index is 1.67. The maximum atomic E-state index is 12.2. The van der Waals surface area contributed by atoms with Crippen LogP contribution in [0.1, 0.15) is 0 Å². The number of nitro benzene ring substituents is 1. The molecular weight excluding hydrogens is 425 g/mol. The smallest absolute Gasteiger partial charge is 0.271 e. The minimum Gasteiger partial charge on any atom is -0.324 e. The maximum absolute atomic E-state index is 12.2. The predicted octanol–water partition coefficient (Wildman–Crippen LogP) is 4.43. The van der Waals surface area contributed by atoms with Crippen molar-refractivity contribution in [3.05, 3.63) is 62.6 Å². The quantitative estimate of drug-likeness (QED) is 0.347. The fourth-order valence-electron chi connectivity index (χ4n) is 2.36. The zero-order valence-corrected chi connectivity index (χ0v) is 16.8. The molecule has 11 heteroatoms. The second-order valence-corrected chi connectivity index (χ2v) is 7.42. The lowest BCUT2D eigenvalue weighted by molar-refractivity contribution is -0.384. The third-order valence-electron chi connectivity index (χ3n) is 3.68. The molecule has 0 aliphatic carbocycles. The van der Waals surface area contributed by atoms with Crippen molar-refractivity contribution in [3.8, 4) is 11.4 Å². The predicted molar refractivity (Wildman–Crippen MR) is 109 cm³/mol. The summed E-state index contributed by atoms with van der Waals surface area (Å²) >= 11 is 13.2. The number of non-ortho nitro benzene ring substituents is 1. The topological polar surface area (TPSA) is 103 Å². The number of aromatic nitrogens is 3. The Morgan fingerprint density at radius 1 is 1.25 bits per heavy atom. The monoisotopic (exact) mass is 437 g/mol. The van der Waals surface area contributed by atoms with Gasteiger partial charge in [0.15, 0.2) is 11.0 Å². The number of anilines is 1. The summed E-state index contributed by atoms with van der Waals surface area (Å²) in [4.78, 5) is 22.5. The molecule has 0 saturated heterocycles. The van der Waals surface area contributed by atoms with Crippen LogP contribution in [0.15, 0.2) is 47.6 Å². The van der Waals surface area contributed by atoms with Crippen LogP contribution in [-0.4, -0.2) is 31.3 Å². The number of hydrogen-bond donors (Lipinski definition) is 1. The van der Waals surface area contributed by atoms with E-state index >= 15 is 0 Å². The fourth-order valence-corrected chi connectivity index (χ4v) is 3.42. The molecule has 0 bridgehead atoms. The number of halogens is 2. The van der Waals surface area contributed by atoms with Gasteiger partial charge in [0.2, 0.25) is 5.91 Å². The van der Waals surface area contributed by atoms with E-state index in [0.29, 0.717) is 16.0 Å². The van der Waals surface area contributed by atoms with Crippen LogP contribution < -0.4 is 5.32 Å². The van der Waals surface area contributed by atoms with Crippen molar-refractivity contribution < 1.29 is 9.72 Å². The number of rotatable bonds is 6. The van der Waals surface area contributed by atoms with Crippen LogP contribution in [0.25, 0.3) is 11.4 Å². The van der Waals surface area contributed by atoms with Gasteiger partial charge in [-0.3, -0.25) is 14.9 Å². The van der Waals surface area contributed by atoms with Crippen molar-refractivity contribution in [2.45, 2.75) is 5.16 Å². The molecule has 1 amide bonds. The Kier molecular flexibility index (Phi) is 6.18. The number of nitrogens with one attached hydrogen (secondary N) is 1. The molecule has 3 rings (SSSR count). The lowest BCUT2D eigenvalue weighted by Gasteiger charge is -2.07. The molecule has 1 aromatic heterocycles. The number of benzene rings is 2. The van der Waals surface area contributed by atoms with Gasteiger partial charge in [0.25, 0.3) is 5.69 Å². The summed E-state index contributed by atoms with van der Waals surface area (Å²) in [5, 5.41) is 23.0. The fraction of sp³-hybridized carbons (Fsp3) is 0.118. The highest BCUT2D eigenvalue weighted by Gasteiger charge is 2.15. The molecule has 0 spiro atoms. The highest BCUT2D eigenvalue weighted by atomic mass is 35.5. The molecule has 1 N–H and O–H groups in total. The summed E-state index contributed by atoms with van der Waals surface area (Å²) < 4.78 is 1.75. The Morgan fingerprint density at radius 3 is 2.75 bits per heavy atom. The first-order valence-electron chi connectivity index (χ1n) is 7.87. The number of carbonyl (C=O) groups excluding carboxylic acids is 1. The Labute approximate surface area is 174 Å². The van der Waals surface area contributed by atoms with Gasteiger partial charge in [-0.25, -0.2) is 0 Å². The minimum atomic E-state index is -0.558. The third kappa shape index (κ3) is 4.61. The third-order valence-corrected chi connectivity index (χ3v) is 5.27. The molecule has 8 nitrogen and oxygen atoms in total. The van der Waals surface area contributed by atoms with Crippen molar-refractivity contribution in [2.24, 2.45) is 7.05 Å². The zero-order chi connectivity index (χ0) is 20.3. The van der Waals surface area contributed by atoms with Gasteiger partial charge in [0, 0.05) is 29.8 Å². The molecule has 0 fully saturated rings. The first-order valence-corrected chi connectivity index (χ1v) is 9.61. The minimum absolute atomic E-state index is 0.0283.